The molecule has 1 N–H and O–H groups in total. The molecule has 2 aliphatic rings. The first-order valence-electron chi connectivity index (χ1n) is 8.40. The number of nitrogens with zero attached hydrogens (tertiary/aromatic N) is 1. The van der Waals surface area contributed by atoms with E-state index >= 15 is 0 Å². The lowest BCUT2D eigenvalue weighted by Gasteiger charge is -2.35. The monoisotopic (exact) mass is 323 g/mol. The number of hydrogen-bond donors (Lipinski definition) is 1. The van der Waals surface area contributed by atoms with Crippen molar-refractivity contribution in [1.82, 2.24) is 4.90 Å². The number of hydrogen-bond acceptors (Lipinski definition) is 4. The summed E-state index contributed by atoms with van der Waals surface area (Å²) in [5.74, 6) is 0.124. The van der Waals surface area contributed by atoms with Gasteiger partial charge in [-0.15, -0.1) is 11.3 Å². The van der Waals surface area contributed by atoms with Crippen molar-refractivity contribution in [3.63, 3.8) is 0 Å². The molecule has 1 saturated heterocycles. The lowest BCUT2D eigenvalue weighted by molar-refractivity contribution is -0.00805. The summed E-state index contributed by atoms with van der Waals surface area (Å²) in [6, 6.07) is 2.13. The van der Waals surface area contributed by atoms with Gasteiger partial charge in [-0.25, -0.2) is 0 Å². The first-order chi connectivity index (χ1) is 10.8. The minimum Gasteiger partial charge on any atom is -0.396 e. The summed E-state index contributed by atoms with van der Waals surface area (Å²) in [7, 11) is 0. The SMILES string of the molecule is O=C(c1cc2c(s1)CCCCCC2)N1CCOC[C@H]1CCO. The number of fused-ring (bicyclic) bond motifs is 1. The van der Waals surface area contributed by atoms with Gasteiger partial charge in [-0.05, 0) is 43.7 Å². The van der Waals surface area contributed by atoms with Gasteiger partial charge in [0, 0.05) is 18.0 Å². The van der Waals surface area contributed by atoms with Gasteiger partial charge in [0.05, 0.1) is 24.1 Å². The van der Waals surface area contributed by atoms with Gasteiger partial charge in [0.1, 0.15) is 0 Å². The Morgan fingerprint density at radius 1 is 1.32 bits per heavy atom. The normalized spacial score (nSPS) is 22.8. The van der Waals surface area contributed by atoms with E-state index in [1.165, 1.54) is 36.1 Å². The number of thiophene rings is 1. The number of aryl methyl sites for hydroxylation is 2. The lowest BCUT2D eigenvalue weighted by Crippen LogP contribution is -2.48. The van der Waals surface area contributed by atoms with Crippen LogP contribution in [-0.2, 0) is 17.6 Å². The molecule has 0 spiro atoms. The Labute approximate surface area is 136 Å². The number of aliphatic hydroxyl groups excluding tert-OH is 1. The molecule has 22 heavy (non-hydrogen) atoms. The first kappa shape index (κ1) is 16.0. The Balaban J connectivity index is 1.77. The zero-order valence-electron chi connectivity index (χ0n) is 13.1. The quantitative estimate of drug-likeness (QED) is 0.930. The first-order valence-corrected chi connectivity index (χ1v) is 9.22. The molecule has 5 heteroatoms. The fourth-order valence-corrected chi connectivity index (χ4v) is 4.61. The third-order valence-electron chi connectivity index (χ3n) is 4.66. The number of rotatable bonds is 3. The van der Waals surface area contributed by atoms with Crippen LogP contribution in [0.3, 0.4) is 0 Å². The molecule has 1 atom stereocenters. The maximum absolute atomic E-state index is 12.9. The van der Waals surface area contributed by atoms with Gasteiger partial charge >= 0.3 is 0 Å². The highest BCUT2D eigenvalue weighted by Gasteiger charge is 2.29. The van der Waals surface area contributed by atoms with Crippen LogP contribution in [0.25, 0.3) is 0 Å². The van der Waals surface area contributed by atoms with Gasteiger partial charge in [0.2, 0.25) is 0 Å². The van der Waals surface area contributed by atoms with E-state index in [9.17, 15) is 9.90 Å². The topological polar surface area (TPSA) is 49.8 Å². The molecule has 1 amide bonds. The Kier molecular flexibility index (Phi) is 5.50. The molecular formula is C17H25NO3S. The predicted molar refractivity (Wildman–Crippen MR) is 87.5 cm³/mol. The number of amides is 1. The molecule has 1 aliphatic carbocycles. The number of morpholine rings is 1. The highest BCUT2D eigenvalue weighted by Crippen LogP contribution is 2.30. The van der Waals surface area contributed by atoms with Crippen molar-refractivity contribution in [1.29, 1.82) is 0 Å². The Morgan fingerprint density at radius 2 is 2.14 bits per heavy atom. The molecule has 1 aromatic heterocycles. The molecule has 3 rings (SSSR count). The summed E-state index contributed by atoms with van der Waals surface area (Å²) >= 11 is 1.69. The van der Waals surface area contributed by atoms with E-state index in [-0.39, 0.29) is 18.6 Å². The number of carbonyl (C=O) groups is 1. The van der Waals surface area contributed by atoms with Crippen LogP contribution in [0.4, 0.5) is 0 Å². The van der Waals surface area contributed by atoms with Crippen molar-refractivity contribution >= 4 is 17.2 Å². The maximum Gasteiger partial charge on any atom is 0.264 e. The lowest BCUT2D eigenvalue weighted by atomic mass is 9.99. The highest BCUT2D eigenvalue weighted by molar-refractivity contribution is 7.14. The summed E-state index contributed by atoms with van der Waals surface area (Å²) in [4.78, 5) is 17.1. The van der Waals surface area contributed by atoms with Crippen molar-refractivity contribution in [2.75, 3.05) is 26.4 Å². The van der Waals surface area contributed by atoms with Crippen LogP contribution in [0.2, 0.25) is 0 Å². The summed E-state index contributed by atoms with van der Waals surface area (Å²) in [6.45, 7) is 1.86. The van der Waals surface area contributed by atoms with E-state index in [4.69, 9.17) is 4.74 Å². The highest BCUT2D eigenvalue weighted by atomic mass is 32.1. The van der Waals surface area contributed by atoms with Crippen molar-refractivity contribution in [2.24, 2.45) is 0 Å². The molecule has 1 aliphatic heterocycles. The van der Waals surface area contributed by atoms with E-state index in [0.717, 1.165) is 17.7 Å². The average molecular weight is 323 g/mol. The minimum atomic E-state index is 0.0101. The molecule has 0 radical (unpaired) electrons. The van der Waals surface area contributed by atoms with Gasteiger partial charge in [0.25, 0.3) is 5.91 Å². The number of aliphatic hydroxyl groups is 1. The van der Waals surface area contributed by atoms with Crippen molar-refractivity contribution in [3.05, 3.63) is 21.4 Å². The van der Waals surface area contributed by atoms with Crippen LogP contribution < -0.4 is 0 Å². The number of carbonyl (C=O) groups excluding carboxylic acids is 1. The van der Waals surface area contributed by atoms with Gasteiger partial charge in [-0.2, -0.15) is 0 Å². The summed E-state index contributed by atoms with van der Waals surface area (Å²) in [5, 5.41) is 9.19. The minimum absolute atomic E-state index is 0.0101. The predicted octanol–water partition coefficient (Wildman–Crippen LogP) is 2.63. The second-order valence-electron chi connectivity index (χ2n) is 6.21. The van der Waals surface area contributed by atoms with Gasteiger partial charge < -0.3 is 14.7 Å². The second-order valence-corrected chi connectivity index (χ2v) is 7.35. The van der Waals surface area contributed by atoms with E-state index in [1.54, 1.807) is 11.3 Å². The standard InChI is InChI=1S/C17H25NO3S/c19-9-7-14-12-21-10-8-18(14)17(20)16-11-13-5-3-1-2-4-6-15(13)22-16/h11,14,19H,1-10,12H2/t14-/m1/s1. The van der Waals surface area contributed by atoms with Crippen molar-refractivity contribution < 1.29 is 14.6 Å². The summed E-state index contributed by atoms with van der Waals surface area (Å²) < 4.78 is 5.46. The van der Waals surface area contributed by atoms with Gasteiger partial charge in [-0.1, -0.05) is 12.8 Å². The smallest absolute Gasteiger partial charge is 0.264 e. The molecule has 4 nitrogen and oxygen atoms in total. The van der Waals surface area contributed by atoms with Crippen LogP contribution in [0.15, 0.2) is 6.07 Å². The van der Waals surface area contributed by atoms with Gasteiger partial charge in [-0.3, -0.25) is 4.79 Å². The summed E-state index contributed by atoms with van der Waals surface area (Å²) in [6.07, 6.45) is 7.92. The fraction of sp³-hybridized carbons (Fsp3) is 0.706. The third-order valence-corrected chi connectivity index (χ3v) is 5.88. The van der Waals surface area contributed by atoms with E-state index in [0.29, 0.717) is 26.2 Å². The molecule has 1 fully saturated rings. The maximum atomic E-state index is 12.9. The van der Waals surface area contributed by atoms with Crippen molar-refractivity contribution in [2.45, 2.75) is 51.0 Å². The molecule has 122 valence electrons. The number of ether oxygens (including phenoxy) is 1. The summed E-state index contributed by atoms with van der Waals surface area (Å²) in [5.41, 5.74) is 1.39. The molecule has 1 aromatic rings. The Morgan fingerprint density at radius 3 is 2.95 bits per heavy atom. The van der Waals surface area contributed by atoms with Crippen LogP contribution >= 0.6 is 11.3 Å². The van der Waals surface area contributed by atoms with E-state index in [1.807, 2.05) is 4.90 Å². The molecule has 2 heterocycles. The van der Waals surface area contributed by atoms with Crippen LogP contribution in [0, 0.1) is 0 Å². The average Bonchev–Trinajstić information content (AvgIpc) is 2.90. The third kappa shape index (κ3) is 3.53. The van der Waals surface area contributed by atoms with Gasteiger partial charge in [0.15, 0.2) is 0 Å². The Hall–Kier alpha value is -0.910. The van der Waals surface area contributed by atoms with Crippen LogP contribution in [0.1, 0.15) is 52.2 Å². The van der Waals surface area contributed by atoms with Crippen molar-refractivity contribution in [3.8, 4) is 0 Å². The molecule has 0 unspecified atom stereocenters. The largest absolute Gasteiger partial charge is 0.396 e. The molecular weight excluding hydrogens is 298 g/mol. The second kappa shape index (κ2) is 7.57. The Bertz CT molecular complexity index is 487. The molecule has 0 saturated carbocycles. The van der Waals surface area contributed by atoms with E-state index < -0.39 is 0 Å². The van der Waals surface area contributed by atoms with Crippen LogP contribution in [-0.4, -0.2) is 48.3 Å². The zero-order valence-corrected chi connectivity index (χ0v) is 13.9. The zero-order chi connectivity index (χ0) is 15.4. The van der Waals surface area contributed by atoms with E-state index in [2.05, 4.69) is 6.07 Å². The molecule has 0 bridgehead atoms. The fourth-order valence-electron chi connectivity index (χ4n) is 3.40. The van der Waals surface area contributed by atoms with Crippen LogP contribution in [0.5, 0.6) is 0 Å². The molecule has 0 aromatic carbocycles.